The molecule has 0 bridgehead atoms. The van der Waals surface area contributed by atoms with E-state index < -0.39 is 5.60 Å². The summed E-state index contributed by atoms with van der Waals surface area (Å²) in [6.07, 6.45) is 1.14. The molecule has 132 valence electrons. The van der Waals surface area contributed by atoms with Gasteiger partial charge in [-0.15, -0.1) is 0 Å². The average Bonchev–Trinajstić information content (AvgIpc) is 2.95. The molecule has 0 saturated carbocycles. The number of benzene rings is 2. The molecule has 0 atom stereocenters. The summed E-state index contributed by atoms with van der Waals surface area (Å²) < 4.78 is 5.52. The SMILES string of the molecule is CC(C)c1ccc(OCC(=O)NCC2(O)Cc3ccccc3C2)cc1. The van der Waals surface area contributed by atoms with Crippen LogP contribution in [0.4, 0.5) is 0 Å². The Bertz CT molecular complexity index is 712. The Kier molecular flexibility index (Phi) is 5.09. The molecule has 0 saturated heterocycles. The van der Waals surface area contributed by atoms with Crippen LogP contribution in [0.2, 0.25) is 0 Å². The number of fused-ring (bicyclic) bond motifs is 1. The van der Waals surface area contributed by atoms with Gasteiger partial charge in [0.15, 0.2) is 6.61 Å². The fourth-order valence-electron chi connectivity index (χ4n) is 3.21. The van der Waals surface area contributed by atoms with Gasteiger partial charge in [-0.05, 0) is 34.7 Å². The molecule has 1 aliphatic rings. The zero-order valence-corrected chi connectivity index (χ0v) is 14.8. The van der Waals surface area contributed by atoms with Gasteiger partial charge >= 0.3 is 0 Å². The van der Waals surface area contributed by atoms with E-state index in [1.165, 1.54) is 5.56 Å². The number of ether oxygens (including phenoxy) is 1. The number of carbonyl (C=O) groups excluding carboxylic acids is 1. The highest BCUT2D eigenvalue weighted by Gasteiger charge is 2.35. The van der Waals surface area contributed by atoms with Gasteiger partial charge in [0, 0.05) is 19.4 Å². The number of nitrogens with one attached hydrogen (secondary N) is 1. The van der Waals surface area contributed by atoms with Gasteiger partial charge in [0.25, 0.3) is 5.91 Å². The summed E-state index contributed by atoms with van der Waals surface area (Å²) in [5.74, 6) is 0.914. The van der Waals surface area contributed by atoms with Crippen molar-refractivity contribution < 1.29 is 14.6 Å². The van der Waals surface area contributed by atoms with Crippen LogP contribution >= 0.6 is 0 Å². The third kappa shape index (κ3) is 4.40. The largest absolute Gasteiger partial charge is 0.484 e. The second kappa shape index (κ2) is 7.28. The van der Waals surface area contributed by atoms with E-state index in [9.17, 15) is 9.90 Å². The molecule has 2 aromatic rings. The van der Waals surface area contributed by atoms with E-state index in [1.54, 1.807) is 0 Å². The summed E-state index contributed by atoms with van der Waals surface area (Å²) in [4.78, 5) is 12.0. The number of hydrogen-bond donors (Lipinski definition) is 2. The number of amides is 1. The highest BCUT2D eigenvalue weighted by molar-refractivity contribution is 5.77. The van der Waals surface area contributed by atoms with Gasteiger partial charge in [0.2, 0.25) is 0 Å². The topological polar surface area (TPSA) is 58.6 Å². The number of hydrogen-bond acceptors (Lipinski definition) is 3. The van der Waals surface area contributed by atoms with Crippen LogP contribution < -0.4 is 10.1 Å². The fourth-order valence-corrected chi connectivity index (χ4v) is 3.21. The van der Waals surface area contributed by atoms with Gasteiger partial charge in [-0.1, -0.05) is 50.2 Å². The molecule has 25 heavy (non-hydrogen) atoms. The Morgan fingerprint density at radius 3 is 2.28 bits per heavy atom. The summed E-state index contributed by atoms with van der Waals surface area (Å²) in [6.45, 7) is 4.45. The monoisotopic (exact) mass is 339 g/mol. The first kappa shape index (κ1) is 17.5. The van der Waals surface area contributed by atoms with Crippen LogP contribution in [0.3, 0.4) is 0 Å². The first-order valence-corrected chi connectivity index (χ1v) is 8.74. The predicted octanol–water partition coefficient (Wildman–Crippen LogP) is 2.83. The van der Waals surface area contributed by atoms with Gasteiger partial charge in [-0.2, -0.15) is 0 Å². The molecule has 1 aliphatic carbocycles. The standard InChI is InChI=1S/C21H25NO3/c1-15(2)16-7-9-19(10-8-16)25-13-20(23)22-14-21(24)11-17-5-3-4-6-18(17)12-21/h3-10,15,24H,11-14H2,1-2H3,(H,22,23). The first-order chi connectivity index (χ1) is 12.0. The van der Waals surface area contributed by atoms with Crippen molar-refractivity contribution in [3.05, 3.63) is 65.2 Å². The van der Waals surface area contributed by atoms with Crippen LogP contribution in [0.15, 0.2) is 48.5 Å². The van der Waals surface area contributed by atoms with Crippen LogP contribution in [0.5, 0.6) is 5.75 Å². The molecule has 0 spiro atoms. The Balaban J connectivity index is 1.46. The molecule has 0 aromatic heterocycles. The van der Waals surface area contributed by atoms with E-state index in [2.05, 4.69) is 19.2 Å². The molecule has 0 heterocycles. The minimum absolute atomic E-state index is 0.0515. The fraction of sp³-hybridized carbons (Fsp3) is 0.381. The zero-order valence-electron chi connectivity index (χ0n) is 14.8. The van der Waals surface area contributed by atoms with Crippen molar-refractivity contribution in [3.8, 4) is 5.75 Å². The van der Waals surface area contributed by atoms with Gasteiger partial charge in [0.05, 0.1) is 5.60 Å². The molecule has 4 heteroatoms. The van der Waals surface area contributed by atoms with Crippen LogP contribution in [0.1, 0.15) is 36.5 Å². The van der Waals surface area contributed by atoms with Crippen molar-refractivity contribution >= 4 is 5.91 Å². The van der Waals surface area contributed by atoms with Crippen molar-refractivity contribution in [2.75, 3.05) is 13.2 Å². The maximum absolute atomic E-state index is 12.0. The van der Waals surface area contributed by atoms with Crippen molar-refractivity contribution in [1.29, 1.82) is 0 Å². The molecule has 3 rings (SSSR count). The highest BCUT2D eigenvalue weighted by Crippen LogP contribution is 2.29. The Morgan fingerprint density at radius 1 is 1.12 bits per heavy atom. The van der Waals surface area contributed by atoms with Crippen molar-refractivity contribution in [3.63, 3.8) is 0 Å². The third-order valence-corrected chi connectivity index (χ3v) is 4.69. The maximum atomic E-state index is 12.0. The molecule has 1 amide bonds. The summed E-state index contributed by atoms with van der Waals surface area (Å²) in [7, 11) is 0. The maximum Gasteiger partial charge on any atom is 0.258 e. The Hall–Kier alpha value is -2.33. The number of aliphatic hydroxyl groups is 1. The van der Waals surface area contributed by atoms with Gasteiger partial charge in [0.1, 0.15) is 5.75 Å². The van der Waals surface area contributed by atoms with E-state index in [4.69, 9.17) is 4.74 Å². The molecule has 0 fully saturated rings. The summed E-state index contributed by atoms with van der Waals surface area (Å²) >= 11 is 0. The van der Waals surface area contributed by atoms with Gasteiger partial charge < -0.3 is 15.2 Å². The molecule has 0 aliphatic heterocycles. The van der Waals surface area contributed by atoms with Crippen LogP contribution in [-0.2, 0) is 17.6 Å². The average molecular weight is 339 g/mol. The number of rotatable bonds is 6. The Morgan fingerprint density at radius 2 is 1.72 bits per heavy atom. The van der Waals surface area contributed by atoms with Crippen molar-refractivity contribution in [2.24, 2.45) is 0 Å². The van der Waals surface area contributed by atoms with E-state index in [0.29, 0.717) is 24.5 Å². The van der Waals surface area contributed by atoms with E-state index in [1.807, 2.05) is 48.5 Å². The smallest absolute Gasteiger partial charge is 0.258 e. The van der Waals surface area contributed by atoms with Crippen molar-refractivity contribution in [1.82, 2.24) is 5.32 Å². The molecule has 0 unspecified atom stereocenters. The minimum Gasteiger partial charge on any atom is -0.484 e. The molecule has 4 nitrogen and oxygen atoms in total. The van der Waals surface area contributed by atoms with E-state index >= 15 is 0 Å². The summed E-state index contributed by atoms with van der Waals surface area (Å²) in [5.41, 5.74) is 2.64. The lowest BCUT2D eigenvalue weighted by molar-refractivity contribution is -0.124. The lowest BCUT2D eigenvalue weighted by Gasteiger charge is -2.22. The highest BCUT2D eigenvalue weighted by atomic mass is 16.5. The quantitative estimate of drug-likeness (QED) is 0.851. The second-order valence-electron chi connectivity index (χ2n) is 7.14. The van der Waals surface area contributed by atoms with Crippen LogP contribution in [0.25, 0.3) is 0 Å². The lowest BCUT2D eigenvalue weighted by Crippen LogP contribution is -2.45. The lowest BCUT2D eigenvalue weighted by atomic mass is 10.0. The summed E-state index contributed by atoms with van der Waals surface area (Å²) in [5, 5.41) is 13.5. The molecule has 0 radical (unpaired) electrons. The first-order valence-electron chi connectivity index (χ1n) is 8.74. The zero-order chi connectivity index (χ0) is 17.9. The van der Waals surface area contributed by atoms with Crippen LogP contribution in [0, 0.1) is 0 Å². The number of carbonyl (C=O) groups is 1. The van der Waals surface area contributed by atoms with Gasteiger partial charge in [-0.3, -0.25) is 4.79 Å². The molecule has 2 N–H and O–H groups in total. The minimum atomic E-state index is -0.905. The molecule has 2 aromatic carbocycles. The molecular weight excluding hydrogens is 314 g/mol. The predicted molar refractivity (Wildman–Crippen MR) is 97.8 cm³/mol. The second-order valence-corrected chi connectivity index (χ2v) is 7.14. The van der Waals surface area contributed by atoms with Crippen molar-refractivity contribution in [2.45, 2.75) is 38.2 Å². The van der Waals surface area contributed by atoms with E-state index in [0.717, 1.165) is 11.1 Å². The normalized spacial score (nSPS) is 15.0. The summed E-state index contributed by atoms with van der Waals surface area (Å²) in [6, 6.07) is 15.8. The Labute approximate surface area is 148 Å². The van der Waals surface area contributed by atoms with E-state index in [-0.39, 0.29) is 19.1 Å². The molecular formula is C21H25NO3. The van der Waals surface area contributed by atoms with Gasteiger partial charge in [-0.25, -0.2) is 0 Å². The van der Waals surface area contributed by atoms with Crippen LogP contribution in [-0.4, -0.2) is 29.8 Å². The third-order valence-electron chi connectivity index (χ3n) is 4.69.